The zero-order valence-electron chi connectivity index (χ0n) is 12.9. The molecular weight excluding hydrogens is 270 g/mol. The first kappa shape index (κ1) is 17.0. The van der Waals surface area contributed by atoms with Crippen LogP contribution in [0.4, 0.5) is 4.79 Å². The van der Waals surface area contributed by atoms with Gasteiger partial charge in [0.05, 0.1) is 13.2 Å². The van der Waals surface area contributed by atoms with E-state index in [1.807, 2.05) is 31.2 Å². The lowest BCUT2D eigenvalue weighted by molar-refractivity contribution is -0.121. The number of para-hydroxylation sites is 1. The molecule has 6 heteroatoms. The lowest BCUT2D eigenvalue weighted by Crippen LogP contribution is -2.48. The molecule has 0 heterocycles. The maximum atomic E-state index is 11.9. The Kier molecular flexibility index (Phi) is 6.68. The summed E-state index contributed by atoms with van der Waals surface area (Å²) >= 11 is 0. The van der Waals surface area contributed by atoms with Gasteiger partial charge in [-0.05, 0) is 26.8 Å². The Bertz CT molecular complexity index is 491. The van der Waals surface area contributed by atoms with Crippen molar-refractivity contribution in [2.75, 3.05) is 13.7 Å². The molecule has 0 radical (unpaired) electrons. The van der Waals surface area contributed by atoms with Crippen molar-refractivity contribution in [3.8, 4) is 5.75 Å². The first-order valence-electron chi connectivity index (χ1n) is 6.97. The number of rotatable bonds is 6. The molecule has 0 aliphatic carbocycles. The molecule has 1 aromatic rings. The fourth-order valence-electron chi connectivity index (χ4n) is 1.99. The number of ether oxygens (including phenoxy) is 1. The van der Waals surface area contributed by atoms with E-state index in [1.165, 1.54) is 0 Å². The van der Waals surface area contributed by atoms with E-state index in [2.05, 4.69) is 16.0 Å². The molecule has 0 saturated carbocycles. The quantitative estimate of drug-likeness (QED) is 0.744. The summed E-state index contributed by atoms with van der Waals surface area (Å²) in [5, 5.41) is 7.95. The van der Waals surface area contributed by atoms with Crippen LogP contribution in [0.3, 0.4) is 0 Å². The highest BCUT2D eigenvalue weighted by Gasteiger charge is 2.19. The molecule has 3 amide bonds. The average molecular weight is 293 g/mol. The SMILES string of the molecule is CCNC(=O)NC(=O)C(C)N[C@@H](C)c1ccccc1OC. The van der Waals surface area contributed by atoms with Gasteiger partial charge in [0.25, 0.3) is 0 Å². The van der Waals surface area contributed by atoms with E-state index in [0.29, 0.717) is 6.54 Å². The van der Waals surface area contributed by atoms with Gasteiger partial charge in [-0.15, -0.1) is 0 Å². The highest BCUT2D eigenvalue weighted by atomic mass is 16.5. The smallest absolute Gasteiger partial charge is 0.321 e. The van der Waals surface area contributed by atoms with Gasteiger partial charge in [0.15, 0.2) is 0 Å². The second-order valence-electron chi connectivity index (χ2n) is 4.70. The van der Waals surface area contributed by atoms with Crippen LogP contribution in [0.15, 0.2) is 24.3 Å². The largest absolute Gasteiger partial charge is 0.496 e. The Hall–Kier alpha value is -2.08. The Morgan fingerprint density at radius 2 is 1.90 bits per heavy atom. The van der Waals surface area contributed by atoms with Crippen molar-refractivity contribution in [3.05, 3.63) is 29.8 Å². The lowest BCUT2D eigenvalue weighted by Gasteiger charge is -2.21. The third-order valence-corrected chi connectivity index (χ3v) is 3.07. The highest BCUT2D eigenvalue weighted by Crippen LogP contribution is 2.24. The number of amides is 3. The molecule has 1 unspecified atom stereocenters. The summed E-state index contributed by atoms with van der Waals surface area (Å²) < 4.78 is 5.30. The van der Waals surface area contributed by atoms with E-state index in [-0.39, 0.29) is 11.9 Å². The molecule has 0 aliphatic heterocycles. The molecule has 0 bridgehead atoms. The number of hydrogen-bond donors (Lipinski definition) is 3. The third kappa shape index (κ3) is 5.07. The normalized spacial score (nSPS) is 13.1. The van der Waals surface area contributed by atoms with Gasteiger partial charge in [0.1, 0.15) is 5.75 Å². The molecule has 21 heavy (non-hydrogen) atoms. The minimum Gasteiger partial charge on any atom is -0.496 e. The Balaban J connectivity index is 2.63. The zero-order valence-corrected chi connectivity index (χ0v) is 12.9. The molecule has 0 saturated heterocycles. The van der Waals surface area contributed by atoms with Crippen LogP contribution < -0.4 is 20.7 Å². The molecule has 6 nitrogen and oxygen atoms in total. The number of urea groups is 1. The van der Waals surface area contributed by atoms with Gasteiger partial charge in [0, 0.05) is 18.2 Å². The van der Waals surface area contributed by atoms with Crippen molar-refractivity contribution in [1.82, 2.24) is 16.0 Å². The summed E-state index contributed by atoms with van der Waals surface area (Å²) in [7, 11) is 1.61. The number of carbonyl (C=O) groups excluding carboxylic acids is 2. The summed E-state index contributed by atoms with van der Waals surface area (Å²) in [6.07, 6.45) is 0. The number of hydrogen-bond acceptors (Lipinski definition) is 4. The van der Waals surface area contributed by atoms with Crippen molar-refractivity contribution < 1.29 is 14.3 Å². The second-order valence-corrected chi connectivity index (χ2v) is 4.70. The molecule has 0 aromatic heterocycles. The molecule has 116 valence electrons. The van der Waals surface area contributed by atoms with Gasteiger partial charge < -0.3 is 10.1 Å². The van der Waals surface area contributed by atoms with Crippen LogP contribution in [0.2, 0.25) is 0 Å². The van der Waals surface area contributed by atoms with Crippen LogP contribution in [0.5, 0.6) is 5.75 Å². The van der Waals surface area contributed by atoms with Crippen LogP contribution in [0.1, 0.15) is 32.4 Å². The summed E-state index contributed by atoms with van der Waals surface area (Å²) in [5.74, 6) is 0.386. The molecule has 3 N–H and O–H groups in total. The summed E-state index contributed by atoms with van der Waals surface area (Å²) in [5.41, 5.74) is 0.956. The van der Waals surface area contributed by atoms with Crippen molar-refractivity contribution in [2.24, 2.45) is 0 Å². The molecule has 1 aromatic carbocycles. The number of benzene rings is 1. The van der Waals surface area contributed by atoms with Crippen LogP contribution >= 0.6 is 0 Å². The summed E-state index contributed by atoms with van der Waals surface area (Å²) in [4.78, 5) is 23.2. The van der Waals surface area contributed by atoms with Crippen LogP contribution in [0, 0.1) is 0 Å². The van der Waals surface area contributed by atoms with E-state index >= 15 is 0 Å². The fraction of sp³-hybridized carbons (Fsp3) is 0.467. The van der Waals surface area contributed by atoms with Crippen molar-refractivity contribution >= 4 is 11.9 Å². The van der Waals surface area contributed by atoms with Gasteiger partial charge in [-0.1, -0.05) is 18.2 Å². The average Bonchev–Trinajstić information content (AvgIpc) is 2.47. The first-order valence-corrected chi connectivity index (χ1v) is 6.97. The fourth-order valence-corrected chi connectivity index (χ4v) is 1.99. The third-order valence-electron chi connectivity index (χ3n) is 3.07. The molecule has 0 spiro atoms. The Morgan fingerprint density at radius 3 is 2.52 bits per heavy atom. The maximum Gasteiger partial charge on any atom is 0.321 e. The number of imide groups is 1. The zero-order chi connectivity index (χ0) is 15.8. The van der Waals surface area contributed by atoms with Gasteiger partial charge in [-0.25, -0.2) is 4.79 Å². The van der Waals surface area contributed by atoms with Crippen molar-refractivity contribution in [2.45, 2.75) is 32.9 Å². The van der Waals surface area contributed by atoms with E-state index < -0.39 is 12.1 Å². The minimum atomic E-state index is -0.507. The van der Waals surface area contributed by atoms with Gasteiger partial charge >= 0.3 is 6.03 Å². The predicted octanol–water partition coefficient (Wildman–Crippen LogP) is 1.58. The van der Waals surface area contributed by atoms with E-state index in [0.717, 1.165) is 11.3 Å². The summed E-state index contributed by atoms with van der Waals surface area (Å²) in [6, 6.07) is 6.53. The molecule has 2 atom stereocenters. The second kappa shape index (κ2) is 8.26. The highest BCUT2D eigenvalue weighted by molar-refractivity contribution is 5.96. The number of nitrogens with one attached hydrogen (secondary N) is 3. The Labute approximate surface area is 125 Å². The Morgan fingerprint density at radius 1 is 1.24 bits per heavy atom. The number of methoxy groups -OCH3 is 1. The van der Waals surface area contributed by atoms with E-state index in [9.17, 15) is 9.59 Å². The topological polar surface area (TPSA) is 79.5 Å². The van der Waals surface area contributed by atoms with Crippen LogP contribution in [-0.2, 0) is 4.79 Å². The molecule has 0 aliphatic rings. The predicted molar refractivity (Wildman–Crippen MR) is 81.2 cm³/mol. The van der Waals surface area contributed by atoms with Crippen molar-refractivity contribution in [3.63, 3.8) is 0 Å². The standard InChI is InChI=1S/C15H23N3O3/c1-5-16-15(20)18-14(19)11(3)17-10(2)12-8-6-7-9-13(12)21-4/h6-11,17H,5H2,1-4H3,(H2,16,18,19,20)/t10-,11?/m0/s1. The molecule has 0 fully saturated rings. The van der Waals surface area contributed by atoms with Gasteiger partial charge in [-0.3, -0.25) is 15.4 Å². The number of carbonyl (C=O) groups is 2. The minimum absolute atomic E-state index is 0.0869. The van der Waals surface area contributed by atoms with Gasteiger partial charge in [-0.2, -0.15) is 0 Å². The maximum absolute atomic E-state index is 11.9. The summed E-state index contributed by atoms with van der Waals surface area (Å²) in [6.45, 7) is 5.91. The van der Waals surface area contributed by atoms with Crippen LogP contribution in [0.25, 0.3) is 0 Å². The van der Waals surface area contributed by atoms with E-state index in [1.54, 1.807) is 21.0 Å². The molecule has 1 rings (SSSR count). The van der Waals surface area contributed by atoms with E-state index in [4.69, 9.17) is 4.74 Å². The molecular formula is C15H23N3O3. The first-order chi connectivity index (χ1) is 9.99. The van der Waals surface area contributed by atoms with Crippen LogP contribution in [-0.4, -0.2) is 31.6 Å². The lowest BCUT2D eigenvalue weighted by atomic mass is 10.1. The monoisotopic (exact) mass is 293 g/mol. The van der Waals surface area contributed by atoms with Gasteiger partial charge in [0.2, 0.25) is 5.91 Å². The van der Waals surface area contributed by atoms with Crippen molar-refractivity contribution in [1.29, 1.82) is 0 Å².